The minimum absolute atomic E-state index is 0.0146. The molecule has 0 aromatic carbocycles. The van der Waals surface area contributed by atoms with E-state index in [9.17, 15) is 4.79 Å². The Morgan fingerprint density at radius 3 is 2.85 bits per heavy atom. The van der Waals surface area contributed by atoms with Crippen molar-refractivity contribution >= 4 is 5.97 Å². The van der Waals surface area contributed by atoms with Crippen molar-refractivity contribution in [2.45, 2.75) is 58.5 Å². The molecule has 1 rings (SSSR count). The van der Waals surface area contributed by atoms with E-state index < -0.39 is 0 Å². The summed E-state index contributed by atoms with van der Waals surface area (Å²) in [6.07, 6.45) is 6.88. The molecule has 0 aromatic rings. The summed E-state index contributed by atoms with van der Waals surface area (Å²) in [7, 11) is 0. The van der Waals surface area contributed by atoms with Crippen LogP contribution in [0.3, 0.4) is 0 Å². The zero-order chi connectivity index (χ0) is 9.68. The van der Waals surface area contributed by atoms with Crippen molar-refractivity contribution in [2.75, 3.05) is 0 Å². The largest absolute Gasteiger partial charge is 0.462 e. The van der Waals surface area contributed by atoms with E-state index in [0.29, 0.717) is 12.3 Å². The Labute approximate surface area is 80.7 Å². The van der Waals surface area contributed by atoms with Crippen LogP contribution >= 0.6 is 0 Å². The Kier molecular flexibility index (Phi) is 4.26. The Balaban J connectivity index is 2.21. The van der Waals surface area contributed by atoms with Gasteiger partial charge in [-0.3, -0.25) is 4.79 Å². The van der Waals surface area contributed by atoms with Gasteiger partial charge in [0.25, 0.3) is 0 Å². The number of esters is 1. The first-order valence-corrected chi connectivity index (χ1v) is 5.43. The standard InChI is InChI=1S/C11H20O2/c1-3-4-5-6-10-7-8-11(12)13-9(10)2/h9-10H,3-8H2,1-2H3. The van der Waals surface area contributed by atoms with Crippen LogP contribution in [-0.4, -0.2) is 12.1 Å². The second-order valence-corrected chi connectivity index (χ2v) is 3.99. The summed E-state index contributed by atoms with van der Waals surface area (Å²) < 4.78 is 5.19. The van der Waals surface area contributed by atoms with Crippen LogP contribution < -0.4 is 0 Å². The van der Waals surface area contributed by atoms with Gasteiger partial charge in [0, 0.05) is 6.42 Å². The number of carbonyl (C=O) groups excluding carboxylic acids is 1. The van der Waals surface area contributed by atoms with Gasteiger partial charge in [-0.15, -0.1) is 0 Å². The van der Waals surface area contributed by atoms with Crippen molar-refractivity contribution in [1.29, 1.82) is 0 Å². The molecule has 13 heavy (non-hydrogen) atoms. The molecule has 1 aliphatic heterocycles. The molecule has 2 nitrogen and oxygen atoms in total. The average molecular weight is 184 g/mol. The number of carbonyl (C=O) groups is 1. The molecule has 0 amide bonds. The molecule has 2 unspecified atom stereocenters. The maximum absolute atomic E-state index is 10.9. The zero-order valence-electron chi connectivity index (χ0n) is 8.71. The molecule has 0 radical (unpaired) electrons. The molecule has 0 bridgehead atoms. The van der Waals surface area contributed by atoms with Crippen LogP contribution in [0.1, 0.15) is 52.4 Å². The Morgan fingerprint density at radius 2 is 2.23 bits per heavy atom. The van der Waals surface area contributed by atoms with Crippen molar-refractivity contribution in [3.05, 3.63) is 0 Å². The molecule has 1 heterocycles. The van der Waals surface area contributed by atoms with Crippen molar-refractivity contribution in [1.82, 2.24) is 0 Å². The van der Waals surface area contributed by atoms with E-state index in [1.54, 1.807) is 0 Å². The van der Waals surface area contributed by atoms with Gasteiger partial charge < -0.3 is 4.74 Å². The second kappa shape index (κ2) is 5.25. The van der Waals surface area contributed by atoms with Crippen LogP contribution in [-0.2, 0) is 9.53 Å². The first kappa shape index (κ1) is 10.6. The van der Waals surface area contributed by atoms with E-state index in [2.05, 4.69) is 6.92 Å². The second-order valence-electron chi connectivity index (χ2n) is 3.99. The van der Waals surface area contributed by atoms with Gasteiger partial charge in [-0.2, -0.15) is 0 Å². The monoisotopic (exact) mass is 184 g/mol. The fraction of sp³-hybridized carbons (Fsp3) is 0.909. The highest BCUT2D eigenvalue weighted by Crippen LogP contribution is 2.26. The lowest BCUT2D eigenvalue weighted by Gasteiger charge is -2.28. The maximum atomic E-state index is 10.9. The van der Waals surface area contributed by atoms with Crippen molar-refractivity contribution in [2.24, 2.45) is 5.92 Å². The Bertz CT molecular complexity index is 165. The first-order valence-electron chi connectivity index (χ1n) is 5.43. The van der Waals surface area contributed by atoms with E-state index >= 15 is 0 Å². The molecular weight excluding hydrogens is 164 g/mol. The van der Waals surface area contributed by atoms with E-state index in [1.807, 2.05) is 6.92 Å². The van der Waals surface area contributed by atoms with Gasteiger partial charge in [-0.05, 0) is 25.7 Å². The van der Waals surface area contributed by atoms with E-state index in [4.69, 9.17) is 4.74 Å². The molecular formula is C11H20O2. The number of hydrogen-bond donors (Lipinski definition) is 0. The molecule has 1 fully saturated rings. The van der Waals surface area contributed by atoms with Crippen LogP contribution in [0.5, 0.6) is 0 Å². The average Bonchev–Trinajstić information content (AvgIpc) is 2.09. The van der Waals surface area contributed by atoms with E-state index in [1.165, 1.54) is 25.7 Å². The minimum atomic E-state index is -0.0146. The van der Waals surface area contributed by atoms with Crippen LogP contribution in [0.4, 0.5) is 0 Å². The van der Waals surface area contributed by atoms with Gasteiger partial charge in [-0.25, -0.2) is 0 Å². The fourth-order valence-corrected chi connectivity index (χ4v) is 1.94. The normalized spacial score (nSPS) is 28.6. The topological polar surface area (TPSA) is 26.3 Å². The Morgan fingerprint density at radius 1 is 1.46 bits per heavy atom. The quantitative estimate of drug-likeness (QED) is 0.496. The summed E-state index contributed by atoms with van der Waals surface area (Å²) in [5, 5.41) is 0. The van der Waals surface area contributed by atoms with Crippen molar-refractivity contribution in [3.63, 3.8) is 0 Å². The lowest BCUT2D eigenvalue weighted by molar-refractivity contribution is -0.157. The molecule has 0 N–H and O–H groups in total. The molecule has 1 aliphatic rings. The number of unbranched alkanes of at least 4 members (excludes halogenated alkanes) is 2. The van der Waals surface area contributed by atoms with Crippen LogP contribution in [0.15, 0.2) is 0 Å². The number of rotatable bonds is 4. The van der Waals surface area contributed by atoms with Gasteiger partial charge in [0.2, 0.25) is 0 Å². The predicted molar refractivity (Wildman–Crippen MR) is 52.4 cm³/mol. The number of cyclic esters (lactones) is 1. The summed E-state index contributed by atoms with van der Waals surface area (Å²) in [5.74, 6) is 0.600. The molecule has 0 aromatic heterocycles. The van der Waals surface area contributed by atoms with Gasteiger partial charge in [0.15, 0.2) is 0 Å². The highest BCUT2D eigenvalue weighted by atomic mass is 16.5. The zero-order valence-corrected chi connectivity index (χ0v) is 8.71. The van der Waals surface area contributed by atoms with Crippen LogP contribution in [0.25, 0.3) is 0 Å². The maximum Gasteiger partial charge on any atom is 0.306 e. The van der Waals surface area contributed by atoms with Gasteiger partial charge in [0.1, 0.15) is 6.10 Å². The summed E-state index contributed by atoms with van der Waals surface area (Å²) in [5.41, 5.74) is 0. The SMILES string of the molecule is CCCCCC1CCC(=O)OC1C. The summed E-state index contributed by atoms with van der Waals surface area (Å²) >= 11 is 0. The highest BCUT2D eigenvalue weighted by molar-refractivity contribution is 5.70. The number of ether oxygens (including phenoxy) is 1. The summed E-state index contributed by atoms with van der Waals surface area (Å²) in [6, 6.07) is 0. The minimum Gasteiger partial charge on any atom is -0.462 e. The highest BCUT2D eigenvalue weighted by Gasteiger charge is 2.26. The summed E-state index contributed by atoms with van der Waals surface area (Å²) in [4.78, 5) is 10.9. The van der Waals surface area contributed by atoms with Crippen molar-refractivity contribution < 1.29 is 9.53 Å². The first-order chi connectivity index (χ1) is 6.24. The Hall–Kier alpha value is -0.530. The lowest BCUT2D eigenvalue weighted by atomic mass is 9.90. The third-order valence-electron chi connectivity index (χ3n) is 2.88. The molecule has 0 aliphatic carbocycles. The van der Waals surface area contributed by atoms with Gasteiger partial charge in [-0.1, -0.05) is 26.2 Å². The summed E-state index contributed by atoms with van der Waals surface area (Å²) in [6.45, 7) is 4.23. The van der Waals surface area contributed by atoms with Gasteiger partial charge >= 0.3 is 5.97 Å². The molecule has 76 valence electrons. The van der Waals surface area contributed by atoms with E-state index in [-0.39, 0.29) is 12.1 Å². The molecule has 1 saturated heterocycles. The molecule has 2 atom stereocenters. The third-order valence-corrected chi connectivity index (χ3v) is 2.88. The van der Waals surface area contributed by atoms with Crippen LogP contribution in [0.2, 0.25) is 0 Å². The van der Waals surface area contributed by atoms with Crippen molar-refractivity contribution in [3.8, 4) is 0 Å². The van der Waals surface area contributed by atoms with E-state index in [0.717, 1.165) is 6.42 Å². The smallest absolute Gasteiger partial charge is 0.306 e. The lowest BCUT2D eigenvalue weighted by Crippen LogP contribution is -2.29. The third kappa shape index (κ3) is 3.37. The predicted octanol–water partition coefficient (Wildman–Crippen LogP) is 2.91. The fourth-order valence-electron chi connectivity index (χ4n) is 1.94. The molecule has 2 heteroatoms. The number of hydrogen-bond acceptors (Lipinski definition) is 2. The molecule has 0 spiro atoms. The molecule has 0 saturated carbocycles. The van der Waals surface area contributed by atoms with Crippen LogP contribution in [0, 0.1) is 5.92 Å². The van der Waals surface area contributed by atoms with Gasteiger partial charge in [0.05, 0.1) is 0 Å².